The number of aromatic carboxylic acids is 1. The number of anilines is 1. The molecule has 0 amide bonds. The largest absolute Gasteiger partial charge is 0.478 e. The van der Waals surface area contributed by atoms with Crippen LogP contribution in [0.15, 0.2) is 12.1 Å². The van der Waals surface area contributed by atoms with Crippen molar-refractivity contribution in [3.05, 3.63) is 23.4 Å². The van der Waals surface area contributed by atoms with Crippen LogP contribution in [0.2, 0.25) is 0 Å². The number of hydrogen-bond acceptors (Lipinski definition) is 4. The zero-order chi connectivity index (χ0) is 13.2. The predicted molar refractivity (Wildman–Crippen MR) is 65.5 cm³/mol. The molecule has 0 fully saturated rings. The molecular formula is C12H18N2O3. The van der Waals surface area contributed by atoms with Crippen LogP contribution >= 0.6 is 0 Å². The molecule has 5 nitrogen and oxygen atoms in total. The number of carboxylic acids is 1. The van der Waals surface area contributed by atoms with Crippen molar-refractivity contribution in [1.29, 1.82) is 0 Å². The van der Waals surface area contributed by atoms with Gasteiger partial charge in [0.05, 0.1) is 11.2 Å². The molecule has 17 heavy (non-hydrogen) atoms. The van der Waals surface area contributed by atoms with Crippen molar-refractivity contribution < 1.29 is 15.0 Å². The number of aliphatic hydroxyl groups is 1. The highest BCUT2D eigenvalue weighted by Crippen LogP contribution is 2.16. The van der Waals surface area contributed by atoms with E-state index in [4.69, 9.17) is 5.11 Å². The number of aromatic nitrogens is 1. The van der Waals surface area contributed by atoms with E-state index in [0.29, 0.717) is 18.1 Å². The normalized spacial score (nSPS) is 11.4. The molecule has 0 spiro atoms. The smallest absolute Gasteiger partial charge is 0.335 e. The van der Waals surface area contributed by atoms with Gasteiger partial charge >= 0.3 is 5.97 Å². The maximum Gasteiger partial charge on any atom is 0.335 e. The minimum Gasteiger partial charge on any atom is -0.478 e. The van der Waals surface area contributed by atoms with Crippen LogP contribution in [0.4, 0.5) is 5.82 Å². The van der Waals surface area contributed by atoms with Crippen LogP contribution in [-0.4, -0.2) is 40.4 Å². The highest BCUT2D eigenvalue weighted by molar-refractivity contribution is 5.88. The van der Waals surface area contributed by atoms with E-state index in [1.807, 2.05) is 0 Å². The van der Waals surface area contributed by atoms with Gasteiger partial charge in [0.15, 0.2) is 0 Å². The maximum absolute atomic E-state index is 10.9. The standard InChI is InChI=1S/C12H18N2O3/c1-8-5-9(11(15)16)6-10(13-8)14(4)7-12(2,3)17/h5-6,17H,7H2,1-4H3,(H,15,16). The number of aryl methyl sites for hydroxylation is 1. The molecule has 0 bridgehead atoms. The quantitative estimate of drug-likeness (QED) is 0.827. The topological polar surface area (TPSA) is 73.7 Å². The molecule has 0 atom stereocenters. The molecule has 0 aliphatic rings. The lowest BCUT2D eigenvalue weighted by atomic mass is 10.1. The second-order valence-electron chi connectivity index (χ2n) is 4.83. The van der Waals surface area contributed by atoms with Crippen molar-refractivity contribution in [2.75, 3.05) is 18.5 Å². The molecule has 0 aliphatic carbocycles. The van der Waals surface area contributed by atoms with Gasteiger partial charge in [0.25, 0.3) is 0 Å². The van der Waals surface area contributed by atoms with Gasteiger partial charge in [-0.1, -0.05) is 0 Å². The van der Waals surface area contributed by atoms with Gasteiger partial charge in [-0.25, -0.2) is 9.78 Å². The summed E-state index contributed by atoms with van der Waals surface area (Å²) in [4.78, 5) is 16.9. The third kappa shape index (κ3) is 4.03. The van der Waals surface area contributed by atoms with E-state index in [0.717, 1.165) is 0 Å². The number of pyridine rings is 1. The van der Waals surface area contributed by atoms with Gasteiger partial charge in [-0.15, -0.1) is 0 Å². The molecule has 0 aliphatic heterocycles. The van der Waals surface area contributed by atoms with Crippen LogP contribution in [-0.2, 0) is 0 Å². The Kier molecular flexibility index (Phi) is 3.72. The molecule has 94 valence electrons. The Balaban J connectivity index is 3.01. The van der Waals surface area contributed by atoms with Gasteiger partial charge in [-0.05, 0) is 32.9 Å². The highest BCUT2D eigenvalue weighted by Gasteiger charge is 2.17. The van der Waals surface area contributed by atoms with Crippen molar-refractivity contribution in [1.82, 2.24) is 4.98 Å². The zero-order valence-electron chi connectivity index (χ0n) is 10.6. The van der Waals surface area contributed by atoms with Gasteiger partial charge in [0.2, 0.25) is 0 Å². The minimum absolute atomic E-state index is 0.204. The summed E-state index contributed by atoms with van der Waals surface area (Å²) in [7, 11) is 1.77. The maximum atomic E-state index is 10.9. The first-order chi connectivity index (χ1) is 7.69. The summed E-state index contributed by atoms with van der Waals surface area (Å²) in [6, 6.07) is 3.02. The Morgan fingerprint density at radius 1 is 1.47 bits per heavy atom. The zero-order valence-corrected chi connectivity index (χ0v) is 10.6. The second-order valence-corrected chi connectivity index (χ2v) is 4.83. The lowest BCUT2D eigenvalue weighted by Crippen LogP contribution is -2.36. The van der Waals surface area contributed by atoms with Gasteiger partial charge < -0.3 is 15.1 Å². The van der Waals surface area contributed by atoms with Crippen molar-refractivity contribution in [2.45, 2.75) is 26.4 Å². The molecular weight excluding hydrogens is 220 g/mol. The van der Waals surface area contributed by atoms with Gasteiger partial charge in [-0.2, -0.15) is 0 Å². The predicted octanol–water partition coefficient (Wildman–Crippen LogP) is 1.30. The van der Waals surface area contributed by atoms with Crippen molar-refractivity contribution >= 4 is 11.8 Å². The summed E-state index contributed by atoms with van der Waals surface area (Å²) in [5.74, 6) is -0.432. The average Bonchev–Trinajstić information content (AvgIpc) is 2.13. The Bertz CT molecular complexity index is 424. The molecule has 0 saturated heterocycles. The average molecular weight is 238 g/mol. The monoisotopic (exact) mass is 238 g/mol. The third-order valence-corrected chi connectivity index (χ3v) is 2.20. The lowest BCUT2D eigenvalue weighted by molar-refractivity contribution is 0.0696. The Morgan fingerprint density at radius 2 is 2.06 bits per heavy atom. The summed E-state index contributed by atoms with van der Waals surface area (Å²) in [5, 5.41) is 18.7. The molecule has 5 heteroatoms. The first-order valence-corrected chi connectivity index (χ1v) is 5.34. The highest BCUT2D eigenvalue weighted by atomic mass is 16.4. The molecule has 1 aromatic rings. The van der Waals surface area contributed by atoms with E-state index in [2.05, 4.69) is 4.98 Å². The second kappa shape index (κ2) is 4.71. The van der Waals surface area contributed by atoms with E-state index in [9.17, 15) is 9.90 Å². The van der Waals surface area contributed by atoms with Crippen LogP contribution in [0.5, 0.6) is 0 Å². The first kappa shape index (κ1) is 13.4. The van der Waals surface area contributed by atoms with E-state index >= 15 is 0 Å². The fraction of sp³-hybridized carbons (Fsp3) is 0.500. The summed E-state index contributed by atoms with van der Waals surface area (Å²) in [6.45, 7) is 5.51. The molecule has 1 heterocycles. The Hall–Kier alpha value is -1.62. The summed E-state index contributed by atoms with van der Waals surface area (Å²) in [6.07, 6.45) is 0. The molecule has 1 aromatic heterocycles. The number of hydrogen-bond donors (Lipinski definition) is 2. The lowest BCUT2D eigenvalue weighted by Gasteiger charge is -2.26. The number of carbonyl (C=O) groups is 1. The molecule has 0 radical (unpaired) electrons. The molecule has 0 unspecified atom stereocenters. The fourth-order valence-electron chi connectivity index (χ4n) is 1.63. The van der Waals surface area contributed by atoms with Crippen molar-refractivity contribution in [2.24, 2.45) is 0 Å². The van der Waals surface area contributed by atoms with Gasteiger partial charge in [0, 0.05) is 19.3 Å². The summed E-state index contributed by atoms with van der Waals surface area (Å²) < 4.78 is 0. The summed E-state index contributed by atoms with van der Waals surface area (Å²) in [5.41, 5.74) is -0.0126. The molecule has 1 rings (SSSR count). The first-order valence-electron chi connectivity index (χ1n) is 5.34. The Labute approximate surface area is 101 Å². The SMILES string of the molecule is Cc1cc(C(=O)O)cc(N(C)CC(C)(C)O)n1. The van der Waals surface area contributed by atoms with Crippen LogP contribution in [0, 0.1) is 6.92 Å². The van der Waals surface area contributed by atoms with Crippen LogP contribution in [0.25, 0.3) is 0 Å². The fourth-order valence-corrected chi connectivity index (χ4v) is 1.63. The number of nitrogens with zero attached hydrogens (tertiary/aromatic N) is 2. The minimum atomic E-state index is -0.978. The van der Waals surface area contributed by atoms with E-state index in [1.54, 1.807) is 32.7 Å². The van der Waals surface area contributed by atoms with Crippen LogP contribution < -0.4 is 4.90 Å². The van der Waals surface area contributed by atoms with Gasteiger partial charge in [0.1, 0.15) is 5.82 Å². The number of likely N-dealkylation sites (N-methyl/N-ethyl adjacent to an activating group) is 1. The molecule has 2 N–H and O–H groups in total. The van der Waals surface area contributed by atoms with Crippen molar-refractivity contribution in [3.63, 3.8) is 0 Å². The van der Waals surface area contributed by atoms with Crippen LogP contribution in [0.1, 0.15) is 29.9 Å². The number of carboxylic acid groups (broad SMARTS) is 1. The number of rotatable bonds is 4. The summed E-state index contributed by atoms with van der Waals surface area (Å²) >= 11 is 0. The Morgan fingerprint density at radius 3 is 2.53 bits per heavy atom. The van der Waals surface area contributed by atoms with Crippen molar-refractivity contribution in [3.8, 4) is 0 Å². The molecule has 0 aromatic carbocycles. The van der Waals surface area contributed by atoms with Crippen LogP contribution in [0.3, 0.4) is 0 Å². The van der Waals surface area contributed by atoms with Gasteiger partial charge in [-0.3, -0.25) is 0 Å². The van der Waals surface area contributed by atoms with E-state index in [-0.39, 0.29) is 5.56 Å². The third-order valence-electron chi connectivity index (χ3n) is 2.20. The molecule has 0 saturated carbocycles. The van der Waals surface area contributed by atoms with E-state index in [1.165, 1.54) is 12.1 Å². The van der Waals surface area contributed by atoms with E-state index < -0.39 is 11.6 Å².